The molecule has 2 aromatic carbocycles. The molecule has 0 heterocycles. The number of hydrogen-bond acceptors (Lipinski definition) is 4. The molecule has 0 spiro atoms. The Morgan fingerprint density at radius 2 is 1.69 bits per heavy atom. The summed E-state index contributed by atoms with van der Waals surface area (Å²) in [5.41, 5.74) is 0.617. The van der Waals surface area contributed by atoms with Crippen molar-refractivity contribution in [1.29, 1.82) is 0 Å². The number of alkyl halides is 3. The molecule has 0 atom stereocenters. The highest BCUT2D eigenvalue weighted by molar-refractivity contribution is 5.94. The highest BCUT2D eigenvalue weighted by atomic mass is 19.4. The number of rotatable bonds is 6. The molecule has 0 aromatic heterocycles. The lowest BCUT2D eigenvalue weighted by molar-refractivity contribution is -0.138. The molecule has 0 aliphatic heterocycles. The molecule has 0 saturated carbocycles. The standard InChI is InChI=1S/C19H18F3NO3/c1-3-26-18(24)12-17(23-15-8-10-16(25-2)11-9-15)13-4-6-14(7-5-13)19(20,21)22/h4-12,23H,3H2,1-2H3/b17-12-. The molecule has 0 unspecified atom stereocenters. The van der Waals surface area contributed by atoms with Crippen molar-refractivity contribution >= 4 is 17.4 Å². The number of halogens is 3. The van der Waals surface area contributed by atoms with Crippen LogP contribution >= 0.6 is 0 Å². The first kappa shape index (κ1) is 19.4. The van der Waals surface area contributed by atoms with Crippen molar-refractivity contribution in [3.05, 3.63) is 65.7 Å². The lowest BCUT2D eigenvalue weighted by atomic mass is 10.1. The van der Waals surface area contributed by atoms with E-state index in [2.05, 4.69) is 5.32 Å². The van der Waals surface area contributed by atoms with E-state index in [0.29, 0.717) is 22.7 Å². The van der Waals surface area contributed by atoms with Crippen LogP contribution in [-0.4, -0.2) is 19.7 Å². The Kier molecular flexibility index (Phi) is 6.27. The monoisotopic (exact) mass is 365 g/mol. The summed E-state index contributed by atoms with van der Waals surface area (Å²) in [5, 5.41) is 3.02. The maximum Gasteiger partial charge on any atom is 0.416 e. The van der Waals surface area contributed by atoms with Gasteiger partial charge in [0.15, 0.2) is 0 Å². The fraction of sp³-hybridized carbons (Fsp3) is 0.211. The Hall–Kier alpha value is -2.96. The van der Waals surface area contributed by atoms with Crippen molar-refractivity contribution in [3.63, 3.8) is 0 Å². The zero-order chi connectivity index (χ0) is 19.2. The summed E-state index contributed by atoms with van der Waals surface area (Å²) in [6.45, 7) is 1.86. The van der Waals surface area contributed by atoms with Crippen LogP contribution in [0.2, 0.25) is 0 Å². The average molecular weight is 365 g/mol. The summed E-state index contributed by atoms with van der Waals surface area (Å²) in [5.74, 6) is 0.0596. The van der Waals surface area contributed by atoms with Crippen LogP contribution in [0.4, 0.5) is 18.9 Å². The van der Waals surface area contributed by atoms with Crippen molar-refractivity contribution in [3.8, 4) is 5.75 Å². The van der Waals surface area contributed by atoms with Gasteiger partial charge in [-0.3, -0.25) is 0 Å². The Morgan fingerprint density at radius 3 is 2.19 bits per heavy atom. The van der Waals surface area contributed by atoms with E-state index in [9.17, 15) is 18.0 Å². The Bertz CT molecular complexity index is 766. The first-order chi connectivity index (χ1) is 12.3. The van der Waals surface area contributed by atoms with Crippen LogP contribution in [0.15, 0.2) is 54.6 Å². The summed E-state index contributed by atoms with van der Waals surface area (Å²) < 4.78 is 48.2. The molecule has 2 aromatic rings. The van der Waals surface area contributed by atoms with E-state index in [1.54, 1.807) is 31.2 Å². The predicted octanol–water partition coefficient (Wildman–Crippen LogP) is 4.73. The second-order valence-electron chi connectivity index (χ2n) is 5.24. The summed E-state index contributed by atoms with van der Waals surface area (Å²) in [4.78, 5) is 11.8. The molecular weight excluding hydrogens is 347 g/mol. The Balaban J connectivity index is 2.32. The fourth-order valence-corrected chi connectivity index (χ4v) is 2.16. The highest BCUT2D eigenvalue weighted by Gasteiger charge is 2.30. The van der Waals surface area contributed by atoms with Gasteiger partial charge in [-0.15, -0.1) is 0 Å². The lowest BCUT2D eigenvalue weighted by Crippen LogP contribution is -2.07. The van der Waals surface area contributed by atoms with E-state index in [-0.39, 0.29) is 6.61 Å². The molecule has 7 heteroatoms. The van der Waals surface area contributed by atoms with Gasteiger partial charge in [0.05, 0.1) is 25.0 Å². The second-order valence-corrected chi connectivity index (χ2v) is 5.24. The molecule has 0 amide bonds. The van der Waals surface area contributed by atoms with Gasteiger partial charge in [0, 0.05) is 11.8 Å². The van der Waals surface area contributed by atoms with Gasteiger partial charge in [-0.05, 0) is 48.9 Å². The number of carbonyl (C=O) groups is 1. The molecule has 0 fully saturated rings. The van der Waals surface area contributed by atoms with Crippen molar-refractivity contribution in [2.45, 2.75) is 13.1 Å². The van der Waals surface area contributed by atoms with Crippen LogP contribution in [0.1, 0.15) is 18.1 Å². The van der Waals surface area contributed by atoms with E-state index in [1.807, 2.05) is 0 Å². The minimum atomic E-state index is -4.42. The number of methoxy groups -OCH3 is 1. The van der Waals surface area contributed by atoms with Gasteiger partial charge in [0.2, 0.25) is 0 Å². The van der Waals surface area contributed by atoms with Crippen LogP contribution < -0.4 is 10.1 Å². The molecule has 26 heavy (non-hydrogen) atoms. The zero-order valence-corrected chi connectivity index (χ0v) is 14.3. The third kappa shape index (κ3) is 5.27. The average Bonchev–Trinajstić information content (AvgIpc) is 2.61. The molecule has 1 N–H and O–H groups in total. The number of carbonyl (C=O) groups excluding carboxylic acids is 1. The quantitative estimate of drug-likeness (QED) is 0.594. The maximum absolute atomic E-state index is 12.7. The van der Waals surface area contributed by atoms with Gasteiger partial charge < -0.3 is 14.8 Å². The summed E-state index contributed by atoms with van der Waals surface area (Å²) in [6.07, 6.45) is -3.22. The van der Waals surface area contributed by atoms with Crippen molar-refractivity contribution < 1.29 is 27.4 Å². The Morgan fingerprint density at radius 1 is 1.08 bits per heavy atom. The summed E-state index contributed by atoms with van der Waals surface area (Å²) in [6, 6.07) is 11.4. The number of nitrogens with one attached hydrogen (secondary N) is 1. The fourth-order valence-electron chi connectivity index (χ4n) is 2.16. The second kappa shape index (κ2) is 8.42. The van der Waals surface area contributed by atoms with Crippen LogP contribution in [0, 0.1) is 0 Å². The van der Waals surface area contributed by atoms with Gasteiger partial charge in [0.1, 0.15) is 5.75 Å². The van der Waals surface area contributed by atoms with E-state index in [4.69, 9.17) is 9.47 Å². The minimum absolute atomic E-state index is 0.193. The van der Waals surface area contributed by atoms with Gasteiger partial charge in [-0.2, -0.15) is 13.2 Å². The van der Waals surface area contributed by atoms with Crippen LogP contribution in [0.25, 0.3) is 5.70 Å². The largest absolute Gasteiger partial charge is 0.497 e. The molecule has 0 aliphatic carbocycles. The number of anilines is 1. The van der Waals surface area contributed by atoms with E-state index in [0.717, 1.165) is 12.1 Å². The van der Waals surface area contributed by atoms with Crippen LogP contribution in [0.5, 0.6) is 5.75 Å². The smallest absolute Gasteiger partial charge is 0.416 e. The number of esters is 1. The number of benzene rings is 2. The molecule has 0 saturated heterocycles. The van der Waals surface area contributed by atoms with Gasteiger partial charge in [-0.25, -0.2) is 4.79 Å². The lowest BCUT2D eigenvalue weighted by Gasteiger charge is -2.13. The van der Waals surface area contributed by atoms with E-state index < -0.39 is 17.7 Å². The highest BCUT2D eigenvalue weighted by Crippen LogP contribution is 2.30. The molecule has 138 valence electrons. The van der Waals surface area contributed by atoms with Crippen LogP contribution in [0.3, 0.4) is 0 Å². The van der Waals surface area contributed by atoms with Gasteiger partial charge in [0.25, 0.3) is 0 Å². The van der Waals surface area contributed by atoms with E-state index >= 15 is 0 Å². The molecule has 2 rings (SSSR count). The SMILES string of the molecule is CCOC(=O)/C=C(\Nc1ccc(OC)cc1)c1ccc(C(F)(F)F)cc1. The predicted molar refractivity (Wildman–Crippen MR) is 92.7 cm³/mol. The Labute approximate surface area is 149 Å². The third-order valence-corrected chi connectivity index (χ3v) is 3.44. The van der Waals surface area contributed by atoms with E-state index in [1.165, 1.54) is 25.3 Å². The molecule has 4 nitrogen and oxygen atoms in total. The van der Waals surface area contributed by atoms with Crippen molar-refractivity contribution in [2.24, 2.45) is 0 Å². The molecule has 0 bridgehead atoms. The summed E-state index contributed by atoms with van der Waals surface area (Å²) in [7, 11) is 1.54. The normalized spacial score (nSPS) is 11.8. The van der Waals surface area contributed by atoms with Gasteiger partial charge >= 0.3 is 12.1 Å². The first-order valence-corrected chi connectivity index (χ1v) is 7.80. The van der Waals surface area contributed by atoms with Crippen molar-refractivity contribution in [2.75, 3.05) is 19.0 Å². The topological polar surface area (TPSA) is 47.6 Å². The van der Waals surface area contributed by atoms with Gasteiger partial charge in [-0.1, -0.05) is 12.1 Å². The summed E-state index contributed by atoms with van der Waals surface area (Å²) >= 11 is 0. The van der Waals surface area contributed by atoms with Crippen LogP contribution in [-0.2, 0) is 15.7 Å². The number of hydrogen-bond donors (Lipinski definition) is 1. The third-order valence-electron chi connectivity index (χ3n) is 3.44. The number of ether oxygens (including phenoxy) is 2. The first-order valence-electron chi connectivity index (χ1n) is 7.80. The molecule has 0 aliphatic rings. The molecular formula is C19H18F3NO3. The zero-order valence-electron chi connectivity index (χ0n) is 14.3. The molecule has 0 radical (unpaired) electrons. The van der Waals surface area contributed by atoms with Crippen molar-refractivity contribution in [1.82, 2.24) is 0 Å². The maximum atomic E-state index is 12.7. The minimum Gasteiger partial charge on any atom is -0.497 e.